The zero-order valence-corrected chi connectivity index (χ0v) is 18.4. The molecule has 168 valence electrons. The Labute approximate surface area is 185 Å². The minimum absolute atomic E-state index is 0.156. The van der Waals surface area contributed by atoms with Crippen molar-refractivity contribution < 1.29 is 5.11 Å². The van der Waals surface area contributed by atoms with E-state index in [0.717, 1.165) is 17.5 Å². The molecule has 0 aliphatic rings. The van der Waals surface area contributed by atoms with Crippen LogP contribution in [-0.4, -0.2) is 40.2 Å². The molecular formula is C23H28N6O3. The Morgan fingerprint density at radius 2 is 1.66 bits per heavy atom. The Bertz CT molecular complexity index is 1330. The highest BCUT2D eigenvalue weighted by atomic mass is 16.3. The Balaban J connectivity index is 1.89. The summed E-state index contributed by atoms with van der Waals surface area (Å²) in [5.74, 6) is 0.518. The molecule has 1 N–H and O–H groups in total. The van der Waals surface area contributed by atoms with E-state index in [1.54, 1.807) is 15.3 Å². The van der Waals surface area contributed by atoms with E-state index < -0.39 is 0 Å². The molecule has 4 rings (SSSR count). The fraction of sp³-hybridized carbons (Fsp3) is 0.391. The van der Waals surface area contributed by atoms with E-state index in [9.17, 15) is 14.7 Å². The van der Waals surface area contributed by atoms with Gasteiger partial charge in [0, 0.05) is 25.8 Å². The van der Waals surface area contributed by atoms with Gasteiger partial charge in [-0.25, -0.2) is 9.78 Å². The largest absolute Gasteiger partial charge is 0.395 e. The molecule has 9 heteroatoms. The van der Waals surface area contributed by atoms with Gasteiger partial charge in [0.1, 0.15) is 5.82 Å². The smallest absolute Gasteiger partial charge is 0.332 e. The number of hydrogen-bond donors (Lipinski definition) is 1. The predicted molar refractivity (Wildman–Crippen MR) is 123 cm³/mol. The van der Waals surface area contributed by atoms with Gasteiger partial charge in [-0.15, -0.1) is 0 Å². The fourth-order valence-corrected chi connectivity index (χ4v) is 4.01. The van der Waals surface area contributed by atoms with Crippen LogP contribution < -0.4 is 11.2 Å². The van der Waals surface area contributed by atoms with Crippen LogP contribution in [0.1, 0.15) is 32.3 Å². The van der Waals surface area contributed by atoms with Gasteiger partial charge in [-0.1, -0.05) is 44.2 Å². The maximum absolute atomic E-state index is 13.3. The van der Waals surface area contributed by atoms with Gasteiger partial charge in [0.15, 0.2) is 11.2 Å². The predicted octanol–water partition coefficient (Wildman–Crippen LogP) is 2.08. The summed E-state index contributed by atoms with van der Waals surface area (Å²) in [5, 5.41) is 14.2. The first-order chi connectivity index (χ1) is 15.6. The fourth-order valence-electron chi connectivity index (χ4n) is 4.01. The van der Waals surface area contributed by atoms with Crippen LogP contribution in [0.5, 0.6) is 0 Å². The SMILES string of the molecule is CCCn1c(=O)c2c(nc(-c3cnn(Cc4ccccc4)c3)n2CCO)n(CCC)c1=O. The van der Waals surface area contributed by atoms with Crippen molar-refractivity contribution in [2.45, 2.75) is 52.9 Å². The normalized spacial score (nSPS) is 11.5. The number of nitrogens with zero attached hydrogens (tertiary/aromatic N) is 6. The third-order valence-electron chi connectivity index (χ3n) is 5.41. The van der Waals surface area contributed by atoms with Crippen molar-refractivity contribution in [3.8, 4) is 11.4 Å². The second kappa shape index (κ2) is 9.35. The Morgan fingerprint density at radius 3 is 2.34 bits per heavy atom. The summed E-state index contributed by atoms with van der Waals surface area (Å²) in [6.07, 6.45) is 4.97. The second-order valence-electron chi connectivity index (χ2n) is 7.79. The second-order valence-corrected chi connectivity index (χ2v) is 7.79. The van der Waals surface area contributed by atoms with Gasteiger partial charge in [-0.3, -0.25) is 18.6 Å². The molecule has 3 aromatic heterocycles. The maximum Gasteiger partial charge on any atom is 0.332 e. The summed E-state index contributed by atoms with van der Waals surface area (Å²) < 4.78 is 6.36. The molecule has 0 unspecified atom stereocenters. The van der Waals surface area contributed by atoms with Gasteiger partial charge in [-0.05, 0) is 18.4 Å². The Morgan fingerprint density at radius 1 is 0.938 bits per heavy atom. The van der Waals surface area contributed by atoms with E-state index in [0.29, 0.717) is 43.0 Å². The first kappa shape index (κ1) is 21.8. The molecule has 1 aromatic carbocycles. The van der Waals surface area contributed by atoms with Crippen LogP contribution in [0.25, 0.3) is 22.6 Å². The van der Waals surface area contributed by atoms with Crippen LogP contribution in [-0.2, 0) is 26.2 Å². The van der Waals surface area contributed by atoms with Gasteiger partial charge in [0.05, 0.1) is 24.9 Å². The summed E-state index contributed by atoms with van der Waals surface area (Å²) in [4.78, 5) is 31.0. The average molecular weight is 437 g/mol. The molecule has 32 heavy (non-hydrogen) atoms. The average Bonchev–Trinajstić information content (AvgIpc) is 3.40. The lowest BCUT2D eigenvalue weighted by molar-refractivity contribution is 0.278. The lowest BCUT2D eigenvalue weighted by atomic mass is 10.2. The van der Waals surface area contributed by atoms with E-state index in [4.69, 9.17) is 4.98 Å². The molecule has 0 bridgehead atoms. The molecule has 0 aliphatic heterocycles. The van der Waals surface area contributed by atoms with Gasteiger partial charge >= 0.3 is 5.69 Å². The lowest BCUT2D eigenvalue weighted by Crippen LogP contribution is -2.40. The van der Waals surface area contributed by atoms with Crippen LogP contribution >= 0.6 is 0 Å². The third-order valence-corrected chi connectivity index (χ3v) is 5.41. The number of fused-ring (bicyclic) bond motifs is 1. The molecule has 0 fully saturated rings. The number of hydrogen-bond acceptors (Lipinski definition) is 5. The summed E-state index contributed by atoms with van der Waals surface area (Å²) in [5.41, 5.74) is 1.82. The molecule has 0 saturated heterocycles. The molecule has 0 aliphatic carbocycles. The first-order valence-corrected chi connectivity index (χ1v) is 11.0. The Hall–Kier alpha value is -3.46. The van der Waals surface area contributed by atoms with Gasteiger partial charge in [0.25, 0.3) is 5.56 Å². The van der Waals surface area contributed by atoms with E-state index in [1.165, 1.54) is 4.57 Å². The molecule has 0 amide bonds. The minimum Gasteiger partial charge on any atom is -0.395 e. The maximum atomic E-state index is 13.3. The number of aromatic nitrogens is 6. The third kappa shape index (κ3) is 3.91. The van der Waals surface area contributed by atoms with Crippen molar-refractivity contribution in [2.75, 3.05) is 6.61 Å². The minimum atomic E-state index is -0.372. The van der Waals surface area contributed by atoms with Crippen molar-refractivity contribution in [1.82, 2.24) is 28.5 Å². The molecule has 0 atom stereocenters. The highest BCUT2D eigenvalue weighted by Gasteiger charge is 2.22. The van der Waals surface area contributed by atoms with Crippen LogP contribution in [0.15, 0.2) is 52.3 Å². The van der Waals surface area contributed by atoms with E-state index in [2.05, 4.69) is 5.10 Å². The van der Waals surface area contributed by atoms with Crippen molar-refractivity contribution in [3.05, 3.63) is 69.1 Å². The number of aryl methyl sites for hydroxylation is 1. The van der Waals surface area contributed by atoms with E-state index in [-0.39, 0.29) is 24.4 Å². The highest BCUT2D eigenvalue weighted by Crippen LogP contribution is 2.23. The summed E-state index contributed by atoms with van der Waals surface area (Å²) in [6, 6.07) is 9.99. The summed E-state index contributed by atoms with van der Waals surface area (Å²) >= 11 is 0. The molecule has 9 nitrogen and oxygen atoms in total. The number of aliphatic hydroxyl groups is 1. The monoisotopic (exact) mass is 436 g/mol. The van der Waals surface area contributed by atoms with Crippen molar-refractivity contribution in [2.24, 2.45) is 0 Å². The quantitative estimate of drug-likeness (QED) is 0.433. The van der Waals surface area contributed by atoms with E-state index >= 15 is 0 Å². The Kier molecular flexibility index (Phi) is 6.36. The highest BCUT2D eigenvalue weighted by molar-refractivity contribution is 5.76. The molecule has 0 radical (unpaired) electrons. The van der Waals surface area contributed by atoms with Gasteiger partial charge < -0.3 is 9.67 Å². The molecule has 0 saturated carbocycles. The van der Waals surface area contributed by atoms with Crippen LogP contribution in [0.4, 0.5) is 0 Å². The number of benzene rings is 1. The zero-order chi connectivity index (χ0) is 22.7. The zero-order valence-electron chi connectivity index (χ0n) is 18.4. The van der Waals surface area contributed by atoms with Crippen LogP contribution in [0, 0.1) is 0 Å². The number of imidazole rings is 1. The van der Waals surface area contributed by atoms with Gasteiger partial charge in [-0.2, -0.15) is 5.10 Å². The first-order valence-electron chi connectivity index (χ1n) is 11.0. The molecule has 0 spiro atoms. The number of rotatable bonds is 9. The molecule has 3 heterocycles. The van der Waals surface area contributed by atoms with Crippen LogP contribution in [0.3, 0.4) is 0 Å². The number of aliphatic hydroxyl groups excluding tert-OH is 1. The lowest BCUT2D eigenvalue weighted by Gasteiger charge is -2.11. The van der Waals surface area contributed by atoms with Crippen LogP contribution in [0.2, 0.25) is 0 Å². The molecule has 4 aromatic rings. The molecular weight excluding hydrogens is 408 g/mol. The standard InChI is InChI=1S/C23H28N6O3/c1-3-10-28-21-19(22(31)29(11-4-2)23(28)32)27(12-13-30)20(25-21)18-14-24-26(16-18)15-17-8-6-5-7-9-17/h5-9,14,16,30H,3-4,10-13,15H2,1-2H3. The summed E-state index contributed by atoms with van der Waals surface area (Å²) in [6.45, 7) is 5.35. The topological polar surface area (TPSA) is 99.9 Å². The van der Waals surface area contributed by atoms with Crippen molar-refractivity contribution >= 4 is 11.2 Å². The van der Waals surface area contributed by atoms with E-state index in [1.807, 2.05) is 55.1 Å². The summed E-state index contributed by atoms with van der Waals surface area (Å²) in [7, 11) is 0. The van der Waals surface area contributed by atoms with Crippen molar-refractivity contribution in [1.29, 1.82) is 0 Å². The van der Waals surface area contributed by atoms with Gasteiger partial charge in [0.2, 0.25) is 0 Å². The van der Waals surface area contributed by atoms with Crippen molar-refractivity contribution in [3.63, 3.8) is 0 Å².